The lowest BCUT2D eigenvalue weighted by molar-refractivity contribution is -0.384. The van der Waals surface area contributed by atoms with Crippen molar-refractivity contribution in [3.63, 3.8) is 0 Å². The fourth-order valence-electron chi connectivity index (χ4n) is 2.48. The molecule has 0 amide bonds. The van der Waals surface area contributed by atoms with Crippen molar-refractivity contribution in [2.24, 2.45) is 0 Å². The first-order chi connectivity index (χ1) is 12.0. The Morgan fingerprint density at radius 2 is 2.20 bits per heavy atom. The molecule has 0 aliphatic rings. The van der Waals surface area contributed by atoms with Crippen molar-refractivity contribution in [1.82, 2.24) is 15.1 Å². The number of aryl methyl sites for hydroxylation is 1. The number of benzene rings is 1. The Morgan fingerprint density at radius 1 is 1.40 bits per heavy atom. The van der Waals surface area contributed by atoms with Gasteiger partial charge in [0.2, 0.25) is 5.89 Å². The van der Waals surface area contributed by atoms with Crippen molar-refractivity contribution in [2.45, 2.75) is 26.3 Å². The van der Waals surface area contributed by atoms with Gasteiger partial charge in [0.05, 0.1) is 28.1 Å². The predicted molar refractivity (Wildman–Crippen MR) is 88.8 cm³/mol. The number of nitrogens with one attached hydrogen (secondary N) is 1. The predicted octanol–water partition coefficient (Wildman–Crippen LogP) is 3.27. The Labute approximate surface area is 142 Å². The smallest absolute Gasteiger partial charge is 0.270 e. The first-order valence-electron chi connectivity index (χ1n) is 7.58. The van der Waals surface area contributed by atoms with E-state index in [2.05, 4.69) is 26.5 Å². The minimum Gasteiger partial charge on any atom is -0.360 e. The minimum atomic E-state index is -0.502. The lowest BCUT2D eigenvalue weighted by atomic mass is 10.1. The van der Waals surface area contributed by atoms with Gasteiger partial charge in [-0.2, -0.15) is 10.2 Å². The summed E-state index contributed by atoms with van der Waals surface area (Å²) in [5, 5.41) is 27.8. The van der Waals surface area contributed by atoms with E-state index in [0.29, 0.717) is 40.4 Å². The molecular formula is C16H14N6O3. The number of nitro benzene ring substituents is 1. The standard InChI is InChI=1S/C16H14N6O3/c1-3-13(16-18-9(2)25-21-16)19-15-6-10(8-17)12-7-11(22(23)24)4-5-14(12)20-15/h4-7,13H,3H2,1-2H3,(H,19,20). The molecule has 0 saturated carbocycles. The van der Waals surface area contributed by atoms with Crippen LogP contribution in [0.2, 0.25) is 0 Å². The Kier molecular flexibility index (Phi) is 4.26. The summed E-state index contributed by atoms with van der Waals surface area (Å²) in [5.74, 6) is 1.43. The SMILES string of the molecule is CCC(Nc1cc(C#N)c2cc([N+](=O)[O-])ccc2n1)c1noc(C)n1. The summed E-state index contributed by atoms with van der Waals surface area (Å²) in [6, 6.07) is 7.63. The van der Waals surface area contributed by atoms with Gasteiger partial charge < -0.3 is 9.84 Å². The third-order valence-corrected chi connectivity index (χ3v) is 3.71. The second-order valence-corrected chi connectivity index (χ2v) is 5.40. The van der Waals surface area contributed by atoms with Crippen molar-refractivity contribution in [3.05, 3.63) is 51.7 Å². The van der Waals surface area contributed by atoms with E-state index in [1.54, 1.807) is 13.0 Å². The van der Waals surface area contributed by atoms with Crippen LogP contribution in [0.3, 0.4) is 0 Å². The van der Waals surface area contributed by atoms with Crippen LogP contribution in [0.4, 0.5) is 11.5 Å². The number of anilines is 1. The number of nitro groups is 1. The van der Waals surface area contributed by atoms with Gasteiger partial charge in [0, 0.05) is 24.4 Å². The van der Waals surface area contributed by atoms with Crippen LogP contribution < -0.4 is 5.32 Å². The topological polar surface area (TPSA) is 131 Å². The van der Waals surface area contributed by atoms with Gasteiger partial charge in [-0.3, -0.25) is 10.1 Å². The Morgan fingerprint density at radius 3 is 2.80 bits per heavy atom. The molecule has 2 aromatic heterocycles. The van der Waals surface area contributed by atoms with E-state index in [4.69, 9.17) is 4.52 Å². The van der Waals surface area contributed by atoms with Crippen LogP contribution in [0.25, 0.3) is 10.9 Å². The van der Waals surface area contributed by atoms with Crippen LogP contribution in [-0.2, 0) is 0 Å². The van der Waals surface area contributed by atoms with E-state index in [1.807, 2.05) is 6.92 Å². The zero-order chi connectivity index (χ0) is 18.0. The van der Waals surface area contributed by atoms with E-state index in [0.717, 1.165) is 0 Å². The van der Waals surface area contributed by atoms with Crippen molar-refractivity contribution in [2.75, 3.05) is 5.32 Å². The molecule has 1 unspecified atom stereocenters. The molecule has 1 aromatic carbocycles. The molecule has 0 spiro atoms. The molecule has 0 aliphatic carbocycles. The minimum absolute atomic E-state index is 0.0831. The summed E-state index contributed by atoms with van der Waals surface area (Å²) in [7, 11) is 0. The first-order valence-corrected chi connectivity index (χ1v) is 7.58. The van der Waals surface area contributed by atoms with Gasteiger partial charge in [-0.25, -0.2) is 4.98 Å². The summed E-state index contributed by atoms with van der Waals surface area (Å²) < 4.78 is 5.00. The fourth-order valence-corrected chi connectivity index (χ4v) is 2.48. The van der Waals surface area contributed by atoms with Crippen molar-refractivity contribution in [3.8, 4) is 6.07 Å². The second-order valence-electron chi connectivity index (χ2n) is 5.40. The van der Waals surface area contributed by atoms with Crippen LogP contribution in [0.5, 0.6) is 0 Å². The number of nitrogens with zero attached hydrogens (tertiary/aromatic N) is 5. The van der Waals surface area contributed by atoms with Gasteiger partial charge in [0.25, 0.3) is 5.69 Å². The molecule has 3 aromatic rings. The number of non-ortho nitro benzene ring substituents is 1. The molecule has 9 nitrogen and oxygen atoms in total. The highest BCUT2D eigenvalue weighted by Gasteiger charge is 2.18. The molecule has 1 N–H and O–H groups in total. The van der Waals surface area contributed by atoms with Gasteiger partial charge in [0.1, 0.15) is 5.82 Å². The third kappa shape index (κ3) is 3.23. The molecule has 3 rings (SSSR count). The quantitative estimate of drug-likeness (QED) is 0.554. The van der Waals surface area contributed by atoms with Gasteiger partial charge in [-0.05, 0) is 18.6 Å². The monoisotopic (exact) mass is 338 g/mol. The fraction of sp³-hybridized carbons (Fsp3) is 0.250. The molecule has 2 heterocycles. The van der Waals surface area contributed by atoms with Gasteiger partial charge >= 0.3 is 0 Å². The summed E-state index contributed by atoms with van der Waals surface area (Å²) >= 11 is 0. The lowest BCUT2D eigenvalue weighted by Gasteiger charge is -2.14. The van der Waals surface area contributed by atoms with E-state index >= 15 is 0 Å². The molecular weight excluding hydrogens is 324 g/mol. The van der Waals surface area contributed by atoms with Gasteiger partial charge in [-0.15, -0.1) is 0 Å². The normalized spacial score (nSPS) is 11.9. The molecule has 25 heavy (non-hydrogen) atoms. The maximum Gasteiger partial charge on any atom is 0.270 e. The Hall–Kier alpha value is -3.54. The number of rotatable bonds is 5. The molecule has 0 saturated heterocycles. The van der Waals surface area contributed by atoms with Crippen LogP contribution in [0.1, 0.15) is 36.7 Å². The molecule has 126 valence electrons. The summed E-state index contributed by atoms with van der Waals surface area (Å²) in [5.41, 5.74) is 0.710. The van der Waals surface area contributed by atoms with E-state index in [1.165, 1.54) is 18.2 Å². The maximum absolute atomic E-state index is 10.9. The number of aromatic nitrogens is 3. The van der Waals surface area contributed by atoms with Crippen molar-refractivity contribution in [1.29, 1.82) is 5.26 Å². The highest BCUT2D eigenvalue weighted by molar-refractivity contribution is 5.88. The van der Waals surface area contributed by atoms with E-state index in [-0.39, 0.29) is 11.7 Å². The molecule has 1 atom stereocenters. The second kappa shape index (κ2) is 6.52. The maximum atomic E-state index is 10.9. The van der Waals surface area contributed by atoms with Crippen LogP contribution >= 0.6 is 0 Å². The van der Waals surface area contributed by atoms with Crippen molar-refractivity contribution >= 4 is 22.4 Å². The largest absolute Gasteiger partial charge is 0.360 e. The van der Waals surface area contributed by atoms with Crippen molar-refractivity contribution < 1.29 is 9.45 Å². The summed E-state index contributed by atoms with van der Waals surface area (Å²) in [4.78, 5) is 19.1. The summed E-state index contributed by atoms with van der Waals surface area (Å²) in [6.45, 7) is 3.66. The Bertz CT molecular complexity index is 991. The van der Waals surface area contributed by atoms with Crippen LogP contribution in [-0.4, -0.2) is 20.0 Å². The first kappa shape index (κ1) is 16.3. The zero-order valence-electron chi connectivity index (χ0n) is 13.6. The number of nitriles is 1. The number of hydrogen-bond donors (Lipinski definition) is 1. The van der Waals surface area contributed by atoms with E-state index in [9.17, 15) is 15.4 Å². The average molecular weight is 338 g/mol. The molecule has 0 fully saturated rings. The molecule has 0 bridgehead atoms. The average Bonchev–Trinajstić information content (AvgIpc) is 3.04. The molecule has 9 heteroatoms. The zero-order valence-corrected chi connectivity index (χ0v) is 13.6. The third-order valence-electron chi connectivity index (χ3n) is 3.71. The molecule has 0 radical (unpaired) electrons. The number of hydrogen-bond acceptors (Lipinski definition) is 8. The van der Waals surface area contributed by atoms with Crippen LogP contribution in [0.15, 0.2) is 28.8 Å². The number of fused-ring (bicyclic) bond motifs is 1. The van der Waals surface area contributed by atoms with E-state index < -0.39 is 4.92 Å². The van der Waals surface area contributed by atoms with Crippen LogP contribution in [0, 0.1) is 28.4 Å². The highest BCUT2D eigenvalue weighted by Crippen LogP contribution is 2.27. The molecule has 0 aliphatic heterocycles. The number of pyridine rings is 1. The highest BCUT2D eigenvalue weighted by atomic mass is 16.6. The van der Waals surface area contributed by atoms with Gasteiger partial charge in [0.15, 0.2) is 5.82 Å². The summed E-state index contributed by atoms with van der Waals surface area (Å²) in [6.07, 6.45) is 0.681. The Balaban J connectivity index is 2.01. The van der Waals surface area contributed by atoms with Gasteiger partial charge in [-0.1, -0.05) is 12.1 Å². The lowest BCUT2D eigenvalue weighted by Crippen LogP contribution is -2.12.